The molecular weight excluding hydrogens is 204 g/mol. The van der Waals surface area contributed by atoms with Crippen LogP contribution in [0.5, 0.6) is 0 Å². The molecule has 0 aliphatic carbocycles. The number of amides is 1. The second-order valence-electron chi connectivity index (χ2n) is 3.89. The zero-order chi connectivity index (χ0) is 12.1. The van der Waals surface area contributed by atoms with Crippen molar-refractivity contribution < 1.29 is 9.53 Å². The van der Waals surface area contributed by atoms with Crippen molar-refractivity contribution in [1.82, 2.24) is 4.90 Å². The van der Waals surface area contributed by atoms with Gasteiger partial charge in [0.1, 0.15) is 0 Å². The van der Waals surface area contributed by atoms with Crippen LogP contribution < -0.4 is 5.73 Å². The summed E-state index contributed by atoms with van der Waals surface area (Å²) in [5.74, 6) is 0. The number of carbonyl (C=O) groups is 1. The number of nitrogens with zero attached hydrogens (tertiary/aromatic N) is 1. The Balaban J connectivity index is 2.84. The van der Waals surface area contributed by atoms with E-state index in [-0.39, 0.29) is 12.1 Å². The molecule has 0 unspecified atom stereocenters. The van der Waals surface area contributed by atoms with Gasteiger partial charge in [-0.05, 0) is 25.5 Å². The molecule has 0 aliphatic rings. The highest BCUT2D eigenvalue weighted by molar-refractivity contribution is 5.68. The maximum Gasteiger partial charge on any atom is 0.410 e. The zero-order valence-electron chi connectivity index (χ0n) is 9.93. The van der Waals surface area contributed by atoms with Crippen molar-refractivity contribution in [2.75, 3.05) is 12.8 Å². The van der Waals surface area contributed by atoms with E-state index in [9.17, 15) is 4.79 Å². The quantitative estimate of drug-likeness (QED) is 0.798. The van der Waals surface area contributed by atoms with Gasteiger partial charge in [-0.25, -0.2) is 4.79 Å². The molecular formula is C12H18N2O2. The Bertz CT molecular complexity index is 364. The summed E-state index contributed by atoms with van der Waals surface area (Å²) in [7, 11) is 1.38. The summed E-state index contributed by atoms with van der Waals surface area (Å²) < 4.78 is 4.73. The third-order valence-electron chi connectivity index (χ3n) is 2.43. The first-order chi connectivity index (χ1) is 7.56. The van der Waals surface area contributed by atoms with Gasteiger partial charge in [0.05, 0.1) is 13.7 Å². The van der Waals surface area contributed by atoms with Crippen LogP contribution in [0.15, 0.2) is 24.3 Å². The van der Waals surface area contributed by atoms with Crippen LogP contribution in [0.2, 0.25) is 0 Å². The lowest BCUT2D eigenvalue weighted by Gasteiger charge is -2.25. The van der Waals surface area contributed by atoms with Gasteiger partial charge in [-0.3, -0.25) is 0 Å². The van der Waals surface area contributed by atoms with Crippen LogP contribution in [-0.4, -0.2) is 24.1 Å². The summed E-state index contributed by atoms with van der Waals surface area (Å²) in [4.78, 5) is 13.2. The van der Waals surface area contributed by atoms with Crippen molar-refractivity contribution in [2.24, 2.45) is 0 Å². The number of ether oxygens (including phenoxy) is 1. The average molecular weight is 222 g/mol. The fourth-order valence-electron chi connectivity index (χ4n) is 1.44. The van der Waals surface area contributed by atoms with Crippen LogP contribution in [0, 0.1) is 0 Å². The molecule has 0 radical (unpaired) electrons. The number of hydrogen-bond acceptors (Lipinski definition) is 3. The van der Waals surface area contributed by atoms with E-state index >= 15 is 0 Å². The normalized spacial score (nSPS) is 10.2. The van der Waals surface area contributed by atoms with E-state index in [4.69, 9.17) is 10.5 Å². The van der Waals surface area contributed by atoms with E-state index in [0.29, 0.717) is 12.2 Å². The first-order valence-electron chi connectivity index (χ1n) is 5.24. The molecule has 4 nitrogen and oxygen atoms in total. The predicted molar refractivity (Wildman–Crippen MR) is 63.9 cm³/mol. The summed E-state index contributed by atoms with van der Waals surface area (Å²) in [5, 5.41) is 0. The van der Waals surface area contributed by atoms with Crippen molar-refractivity contribution in [3.63, 3.8) is 0 Å². The van der Waals surface area contributed by atoms with Crippen LogP contribution in [0.25, 0.3) is 0 Å². The average Bonchev–Trinajstić information content (AvgIpc) is 2.26. The lowest BCUT2D eigenvalue weighted by Crippen LogP contribution is -2.36. The second-order valence-corrected chi connectivity index (χ2v) is 3.89. The molecule has 1 amide bonds. The third-order valence-corrected chi connectivity index (χ3v) is 2.43. The number of hydrogen-bond donors (Lipinski definition) is 1. The number of methoxy groups -OCH3 is 1. The van der Waals surface area contributed by atoms with Gasteiger partial charge in [0.15, 0.2) is 0 Å². The molecule has 0 atom stereocenters. The van der Waals surface area contributed by atoms with Gasteiger partial charge in [0, 0.05) is 11.7 Å². The van der Waals surface area contributed by atoms with Crippen molar-refractivity contribution in [1.29, 1.82) is 0 Å². The van der Waals surface area contributed by atoms with Crippen molar-refractivity contribution in [2.45, 2.75) is 26.4 Å². The Hall–Kier alpha value is -1.71. The molecule has 0 fully saturated rings. The number of anilines is 1. The molecule has 0 aromatic heterocycles. The minimum Gasteiger partial charge on any atom is -0.453 e. The molecule has 0 saturated heterocycles. The Kier molecular flexibility index (Phi) is 4.17. The van der Waals surface area contributed by atoms with E-state index < -0.39 is 0 Å². The summed E-state index contributed by atoms with van der Waals surface area (Å²) in [6.07, 6.45) is -0.335. The van der Waals surface area contributed by atoms with Crippen LogP contribution in [-0.2, 0) is 11.3 Å². The SMILES string of the molecule is COC(=O)N(Cc1ccccc1N)C(C)C. The molecule has 1 aromatic carbocycles. The van der Waals surface area contributed by atoms with Gasteiger partial charge in [-0.1, -0.05) is 18.2 Å². The Labute approximate surface area is 96.0 Å². The van der Waals surface area contributed by atoms with E-state index in [1.165, 1.54) is 7.11 Å². The van der Waals surface area contributed by atoms with Crippen molar-refractivity contribution in [3.8, 4) is 0 Å². The molecule has 0 aliphatic heterocycles. The molecule has 1 rings (SSSR count). The topological polar surface area (TPSA) is 55.6 Å². The summed E-state index contributed by atoms with van der Waals surface area (Å²) in [5.41, 5.74) is 7.46. The highest BCUT2D eigenvalue weighted by Crippen LogP contribution is 2.15. The van der Waals surface area contributed by atoms with Crippen molar-refractivity contribution >= 4 is 11.8 Å². The summed E-state index contributed by atoms with van der Waals surface area (Å²) >= 11 is 0. The highest BCUT2D eigenvalue weighted by atomic mass is 16.5. The Morgan fingerprint density at radius 1 is 1.44 bits per heavy atom. The van der Waals surface area contributed by atoms with E-state index in [1.54, 1.807) is 4.90 Å². The first-order valence-corrected chi connectivity index (χ1v) is 5.24. The fourth-order valence-corrected chi connectivity index (χ4v) is 1.44. The molecule has 0 bridgehead atoms. The maximum absolute atomic E-state index is 11.5. The minimum atomic E-state index is -0.335. The summed E-state index contributed by atoms with van der Waals surface area (Å²) in [6.45, 7) is 4.35. The van der Waals surface area contributed by atoms with Gasteiger partial charge in [-0.2, -0.15) is 0 Å². The fraction of sp³-hybridized carbons (Fsp3) is 0.417. The van der Waals surface area contributed by atoms with E-state index in [2.05, 4.69) is 0 Å². The van der Waals surface area contributed by atoms with Crippen LogP contribution >= 0.6 is 0 Å². The van der Waals surface area contributed by atoms with Gasteiger partial charge in [0.25, 0.3) is 0 Å². The second kappa shape index (κ2) is 5.39. The monoisotopic (exact) mass is 222 g/mol. The molecule has 0 heterocycles. The van der Waals surface area contributed by atoms with Crippen LogP contribution in [0.4, 0.5) is 10.5 Å². The number of carbonyl (C=O) groups excluding carboxylic acids is 1. The predicted octanol–water partition coefficient (Wildman–Crippen LogP) is 2.25. The third kappa shape index (κ3) is 2.89. The minimum absolute atomic E-state index is 0.0760. The summed E-state index contributed by atoms with van der Waals surface area (Å²) in [6, 6.07) is 7.59. The van der Waals surface area contributed by atoms with Gasteiger partial charge in [-0.15, -0.1) is 0 Å². The number of para-hydroxylation sites is 1. The van der Waals surface area contributed by atoms with Crippen LogP contribution in [0.1, 0.15) is 19.4 Å². The van der Waals surface area contributed by atoms with E-state index in [0.717, 1.165) is 5.56 Å². The molecule has 1 aromatic rings. The van der Waals surface area contributed by atoms with Gasteiger partial charge in [0.2, 0.25) is 0 Å². The molecule has 16 heavy (non-hydrogen) atoms. The highest BCUT2D eigenvalue weighted by Gasteiger charge is 2.18. The standard InChI is InChI=1S/C12H18N2O2/c1-9(2)14(12(15)16-3)8-10-6-4-5-7-11(10)13/h4-7,9H,8,13H2,1-3H3. The molecule has 0 spiro atoms. The van der Waals surface area contributed by atoms with Gasteiger partial charge < -0.3 is 15.4 Å². The molecule has 2 N–H and O–H groups in total. The smallest absolute Gasteiger partial charge is 0.410 e. The lowest BCUT2D eigenvalue weighted by molar-refractivity contribution is 0.108. The van der Waals surface area contributed by atoms with Crippen molar-refractivity contribution in [3.05, 3.63) is 29.8 Å². The Morgan fingerprint density at radius 2 is 2.06 bits per heavy atom. The van der Waals surface area contributed by atoms with E-state index in [1.807, 2.05) is 38.1 Å². The van der Waals surface area contributed by atoms with Gasteiger partial charge >= 0.3 is 6.09 Å². The molecule has 4 heteroatoms. The first kappa shape index (κ1) is 12.4. The molecule has 88 valence electrons. The number of benzene rings is 1. The molecule has 0 saturated carbocycles. The number of rotatable bonds is 3. The van der Waals surface area contributed by atoms with Crippen LogP contribution in [0.3, 0.4) is 0 Å². The largest absolute Gasteiger partial charge is 0.453 e. The lowest BCUT2D eigenvalue weighted by atomic mass is 10.1. The Morgan fingerprint density at radius 3 is 2.56 bits per heavy atom. The maximum atomic E-state index is 11.5. The number of nitrogens with two attached hydrogens (primary N) is 1. The number of nitrogen functional groups attached to an aromatic ring is 1. The zero-order valence-corrected chi connectivity index (χ0v) is 9.93.